The Bertz CT molecular complexity index is 500. The molecule has 0 spiro atoms. The maximum atomic E-state index is 12.0. The SMILES string of the molecule is COc1ccc(NC(=O)CC2(N)CCC2)cc1OCCO. The monoisotopic (exact) mass is 294 g/mol. The molecule has 6 nitrogen and oxygen atoms in total. The fourth-order valence-electron chi connectivity index (χ4n) is 2.36. The molecule has 1 aromatic rings. The minimum Gasteiger partial charge on any atom is -0.493 e. The summed E-state index contributed by atoms with van der Waals surface area (Å²) in [5.41, 5.74) is 6.35. The highest BCUT2D eigenvalue weighted by Gasteiger charge is 2.34. The number of ether oxygens (including phenoxy) is 2. The van der Waals surface area contributed by atoms with E-state index in [9.17, 15) is 4.79 Å². The van der Waals surface area contributed by atoms with Crippen LogP contribution in [0.15, 0.2) is 18.2 Å². The molecule has 0 atom stereocenters. The summed E-state index contributed by atoms with van der Waals surface area (Å²) < 4.78 is 10.6. The second-order valence-corrected chi connectivity index (χ2v) is 5.38. The van der Waals surface area contributed by atoms with Crippen molar-refractivity contribution < 1.29 is 19.4 Å². The molecule has 1 aliphatic rings. The molecular weight excluding hydrogens is 272 g/mol. The fraction of sp³-hybridized carbons (Fsp3) is 0.533. The van der Waals surface area contributed by atoms with Crippen LogP contribution in [0.4, 0.5) is 5.69 Å². The Hall–Kier alpha value is -1.79. The molecule has 0 unspecified atom stereocenters. The standard InChI is InChI=1S/C15H22N2O4/c1-20-12-4-3-11(9-13(12)21-8-7-18)17-14(19)10-15(16)5-2-6-15/h3-4,9,18H,2,5-8,10,16H2,1H3,(H,17,19). The van der Waals surface area contributed by atoms with Crippen molar-refractivity contribution in [1.82, 2.24) is 0 Å². The zero-order chi connectivity index (χ0) is 15.3. The number of nitrogens with one attached hydrogen (secondary N) is 1. The Morgan fingerprint density at radius 1 is 1.43 bits per heavy atom. The van der Waals surface area contributed by atoms with Crippen LogP contribution in [0.5, 0.6) is 11.5 Å². The Balaban J connectivity index is 2.00. The largest absolute Gasteiger partial charge is 0.493 e. The molecule has 21 heavy (non-hydrogen) atoms. The van der Waals surface area contributed by atoms with Gasteiger partial charge in [-0.15, -0.1) is 0 Å². The average Bonchev–Trinajstić information content (AvgIpc) is 2.43. The summed E-state index contributed by atoms with van der Waals surface area (Å²) in [7, 11) is 1.54. The number of aliphatic hydroxyl groups excluding tert-OH is 1. The topological polar surface area (TPSA) is 93.8 Å². The van der Waals surface area contributed by atoms with Crippen molar-refractivity contribution in [2.24, 2.45) is 5.73 Å². The summed E-state index contributed by atoms with van der Waals surface area (Å²) in [6, 6.07) is 5.13. The summed E-state index contributed by atoms with van der Waals surface area (Å²) in [5.74, 6) is 0.932. The van der Waals surface area contributed by atoms with Crippen LogP contribution in [0, 0.1) is 0 Å². The number of anilines is 1. The molecule has 1 saturated carbocycles. The van der Waals surface area contributed by atoms with Crippen LogP contribution in [0.1, 0.15) is 25.7 Å². The number of carbonyl (C=O) groups excluding carboxylic acids is 1. The molecule has 1 amide bonds. The normalized spacial score (nSPS) is 16.0. The van der Waals surface area contributed by atoms with Crippen LogP contribution in [-0.2, 0) is 4.79 Å². The van der Waals surface area contributed by atoms with E-state index in [2.05, 4.69) is 5.32 Å². The Kier molecular flexibility index (Phi) is 5.03. The lowest BCUT2D eigenvalue weighted by molar-refractivity contribution is -0.118. The van der Waals surface area contributed by atoms with Gasteiger partial charge in [0.2, 0.25) is 5.91 Å². The van der Waals surface area contributed by atoms with E-state index in [4.69, 9.17) is 20.3 Å². The van der Waals surface area contributed by atoms with E-state index < -0.39 is 0 Å². The highest BCUT2D eigenvalue weighted by Crippen LogP contribution is 2.33. The first kappa shape index (κ1) is 15.6. The molecular formula is C15H22N2O4. The number of nitrogens with two attached hydrogens (primary N) is 1. The van der Waals surface area contributed by atoms with E-state index in [0.29, 0.717) is 23.6 Å². The zero-order valence-corrected chi connectivity index (χ0v) is 12.2. The third-order valence-electron chi connectivity index (χ3n) is 3.66. The number of carbonyl (C=O) groups is 1. The molecule has 1 fully saturated rings. The van der Waals surface area contributed by atoms with Crippen molar-refractivity contribution >= 4 is 11.6 Å². The van der Waals surface area contributed by atoms with Crippen LogP contribution >= 0.6 is 0 Å². The Morgan fingerprint density at radius 2 is 2.19 bits per heavy atom. The van der Waals surface area contributed by atoms with Crippen molar-refractivity contribution in [2.45, 2.75) is 31.2 Å². The molecule has 0 bridgehead atoms. The predicted octanol–water partition coefficient (Wildman–Crippen LogP) is 1.28. The summed E-state index contributed by atoms with van der Waals surface area (Å²) >= 11 is 0. The van der Waals surface area contributed by atoms with Gasteiger partial charge in [0, 0.05) is 23.7 Å². The molecule has 2 rings (SSSR count). The van der Waals surface area contributed by atoms with Crippen molar-refractivity contribution in [2.75, 3.05) is 25.6 Å². The van der Waals surface area contributed by atoms with Gasteiger partial charge in [-0.2, -0.15) is 0 Å². The number of benzene rings is 1. The molecule has 116 valence electrons. The van der Waals surface area contributed by atoms with E-state index in [1.165, 1.54) is 7.11 Å². The summed E-state index contributed by atoms with van der Waals surface area (Å²) in [6.45, 7) is 0.0785. The van der Waals surface area contributed by atoms with Gasteiger partial charge in [-0.3, -0.25) is 4.79 Å². The van der Waals surface area contributed by atoms with Gasteiger partial charge in [-0.05, 0) is 31.4 Å². The first-order chi connectivity index (χ1) is 10.1. The van der Waals surface area contributed by atoms with Gasteiger partial charge >= 0.3 is 0 Å². The first-order valence-electron chi connectivity index (χ1n) is 7.07. The minimum atomic E-state index is -0.341. The molecule has 4 N–H and O–H groups in total. The highest BCUT2D eigenvalue weighted by molar-refractivity contribution is 5.92. The molecule has 0 saturated heterocycles. The van der Waals surface area contributed by atoms with E-state index in [0.717, 1.165) is 19.3 Å². The molecule has 1 aliphatic carbocycles. The van der Waals surface area contributed by atoms with Crippen LogP contribution in [0.3, 0.4) is 0 Å². The van der Waals surface area contributed by atoms with Crippen molar-refractivity contribution in [3.63, 3.8) is 0 Å². The number of rotatable bonds is 7. The lowest BCUT2D eigenvalue weighted by Gasteiger charge is -2.37. The maximum absolute atomic E-state index is 12.0. The van der Waals surface area contributed by atoms with Gasteiger partial charge in [0.1, 0.15) is 6.61 Å². The van der Waals surface area contributed by atoms with E-state index >= 15 is 0 Å². The lowest BCUT2D eigenvalue weighted by atomic mass is 9.75. The van der Waals surface area contributed by atoms with Crippen LogP contribution in [0.25, 0.3) is 0 Å². The molecule has 0 radical (unpaired) electrons. The second-order valence-electron chi connectivity index (χ2n) is 5.38. The van der Waals surface area contributed by atoms with Crippen molar-refractivity contribution in [1.29, 1.82) is 0 Å². The Morgan fingerprint density at radius 3 is 2.76 bits per heavy atom. The molecule has 0 aliphatic heterocycles. The van der Waals surface area contributed by atoms with Gasteiger partial charge in [0.05, 0.1) is 13.7 Å². The molecule has 0 aromatic heterocycles. The van der Waals surface area contributed by atoms with Crippen molar-refractivity contribution in [3.05, 3.63) is 18.2 Å². The van der Waals surface area contributed by atoms with Gasteiger partial charge < -0.3 is 25.6 Å². The van der Waals surface area contributed by atoms with Gasteiger partial charge in [0.15, 0.2) is 11.5 Å². The van der Waals surface area contributed by atoms with Crippen LogP contribution < -0.4 is 20.5 Å². The molecule has 1 aromatic carbocycles. The van der Waals surface area contributed by atoms with Gasteiger partial charge in [-0.1, -0.05) is 0 Å². The number of hydrogen-bond acceptors (Lipinski definition) is 5. The predicted molar refractivity (Wildman–Crippen MR) is 79.6 cm³/mol. The van der Waals surface area contributed by atoms with Gasteiger partial charge in [0.25, 0.3) is 0 Å². The third kappa shape index (κ3) is 4.09. The summed E-state index contributed by atoms with van der Waals surface area (Å²) in [4.78, 5) is 12.0. The number of aliphatic hydroxyl groups is 1. The third-order valence-corrected chi connectivity index (χ3v) is 3.66. The summed E-state index contributed by atoms with van der Waals surface area (Å²) in [5, 5.41) is 11.6. The fourth-order valence-corrected chi connectivity index (χ4v) is 2.36. The quantitative estimate of drug-likeness (QED) is 0.704. The lowest BCUT2D eigenvalue weighted by Crippen LogP contribution is -2.48. The van der Waals surface area contributed by atoms with Gasteiger partial charge in [-0.25, -0.2) is 0 Å². The average molecular weight is 294 g/mol. The number of methoxy groups -OCH3 is 1. The number of amides is 1. The van der Waals surface area contributed by atoms with Crippen molar-refractivity contribution in [3.8, 4) is 11.5 Å². The zero-order valence-electron chi connectivity index (χ0n) is 12.2. The van der Waals surface area contributed by atoms with Crippen LogP contribution in [0.2, 0.25) is 0 Å². The molecule has 6 heteroatoms. The van der Waals surface area contributed by atoms with Crippen LogP contribution in [-0.4, -0.2) is 36.9 Å². The van der Waals surface area contributed by atoms with E-state index in [-0.39, 0.29) is 24.7 Å². The number of hydrogen-bond donors (Lipinski definition) is 3. The maximum Gasteiger partial charge on any atom is 0.226 e. The smallest absolute Gasteiger partial charge is 0.226 e. The Labute approximate surface area is 124 Å². The van der Waals surface area contributed by atoms with E-state index in [1.54, 1.807) is 18.2 Å². The minimum absolute atomic E-state index is 0.0879. The van der Waals surface area contributed by atoms with E-state index in [1.807, 2.05) is 0 Å². The second kappa shape index (κ2) is 6.78. The highest BCUT2D eigenvalue weighted by atomic mass is 16.5. The summed E-state index contributed by atoms with van der Waals surface area (Å²) in [6.07, 6.45) is 3.21. The molecule has 0 heterocycles. The first-order valence-corrected chi connectivity index (χ1v) is 7.07.